The van der Waals surface area contributed by atoms with Gasteiger partial charge < -0.3 is 19.5 Å². The summed E-state index contributed by atoms with van der Waals surface area (Å²) in [7, 11) is 2.14. The lowest BCUT2D eigenvalue weighted by atomic mass is 10.2. The number of fused-ring (bicyclic) bond motifs is 1. The topological polar surface area (TPSA) is 88.0 Å². The number of piperazine rings is 1. The highest BCUT2D eigenvalue weighted by Gasteiger charge is 2.18. The molecule has 10 heteroatoms. The Morgan fingerprint density at radius 1 is 1.00 bits per heavy atom. The Bertz CT molecular complexity index is 1560. The van der Waals surface area contributed by atoms with Gasteiger partial charge in [0, 0.05) is 42.5 Å². The molecule has 5 aromatic rings. The quantitative estimate of drug-likeness (QED) is 0.331. The zero-order chi connectivity index (χ0) is 26.1. The first kappa shape index (κ1) is 24.4. The molecular formula is C28H29ClN8O. The van der Waals surface area contributed by atoms with Crippen LogP contribution in [0, 0.1) is 6.92 Å². The summed E-state index contributed by atoms with van der Waals surface area (Å²) in [6.07, 6.45) is 1.80. The van der Waals surface area contributed by atoms with Gasteiger partial charge in [-0.25, -0.2) is 15.0 Å². The minimum absolute atomic E-state index is 0.480. The molecule has 3 aromatic heterocycles. The first-order valence-corrected chi connectivity index (χ1v) is 13.1. The van der Waals surface area contributed by atoms with E-state index in [1.165, 1.54) is 0 Å². The van der Waals surface area contributed by atoms with Gasteiger partial charge in [0.2, 0.25) is 0 Å². The van der Waals surface area contributed by atoms with Crippen molar-refractivity contribution >= 4 is 28.7 Å². The zero-order valence-electron chi connectivity index (χ0n) is 21.4. The highest BCUT2D eigenvalue weighted by atomic mass is 35.5. The van der Waals surface area contributed by atoms with Crippen molar-refractivity contribution in [3.05, 3.63) is 82.6 Å². The van der Waals surface area contributed by atoms with Crippen molar-refractivity contribution in [1.82, 2.24) is 34.6 Å². The molecule has 0 atom stereocenters. The molecule has 1 aliphatic rings. The van der Waals surface area contributed by atoms with E-state index in [0.717, 1.165) is 60.3 Å². The SMILES string of the molecule is Cc1cc(-c2nc3ncc(N4CCN(C)CC4)nc3[nH]2)nn1Cc1cc(Cl)ccc1OCc1ccccc1. The number of nitrogens with zero attached hydrogens (tertiary/aromatic N) is 7. The van der Waals surface area contributed by atoms with Crippen LogP contribution in [0.15, 0.2) is 60.8 Å². The predicted molar refractivity (Wildman–Crippen MR) is 149 cm³/mol. The lowest BCUT2D eigenvalue weighted by Crippen LogP contribution is -2.44. The van der Waals surface area contributed by atoms with Crippen molar-refractivity contribution in [2.24, 2.45) is 0 Å². The number of anilines is 1. The van der Waals surface area contributed by atoms with E-state index < -0.39 is 0 Å². The molecule has 1 aliphatic heterocycles. The fourth-order valence-corrected chi connectivity index (χ4v) is 4.78. The third-order valence-corrected chi connectivity index (χ3v) is 7.06. The van der Waals surface area contributed by atoms with Gasteiger partial charge in [0.25, 0.3) is 0 Å². The number of aryl methyl sites for hydroxylation is 1. The van der Waals surface area contributed by atoms with E-state index in [4.69, 9.17) is 26.4 Å². The van der Waals surface area contributed by atoms with Crippen LogP contribution in [-0.4, -0.2) is 67.8 Å². The van der Waals surface area contributed by atoms with Crippen LogP contribution in [0.2, 0.25) is 5.02 Å². The van der Waals surface area contributed by atoms with Crippen LogP contribution in [0.5, 0.6) is 5.75 Å². The normalized spacial score (nSPS) is 14.3. The number of imidazole rings is 1. The van der Waals surface area contributed by atoms with Crippen molar-refractivity contribution in [3.63, 3.8) is 0 Å². The molecule has 2 aromatic carbocycles. The number of ether oxygens (including phenoxy) is 1. The number of hydrogen-bond donors (Lipinski definition) is 1. The largest absolute Gasteiger partial charge is 0.489 e. The Hall–Kier alpha value is -3.95. The number of aromatic amines is 1. The van der Waals surface area contributed by atoms with E-state index in [1.54, 1.807) is 6.20 Å². The molecular weight excluding hydrogens is 500 g/mol. The molecule has 6 rings (SSSR count). The van der Waals surface area contributed by atoms with Gasteiger partial charge in [0.05, 0.1) is 12.7 Å². The van der Waals surface area contributed by atoms with Crippen LogP contribution in [-0.2, 0) is 13.2 Å². The lowest BCUT2D eigenvalue weighted by Gasteiger charge is -2.32. The molecule has 0 unspecified atom stereocenters. The Morgan fingerprint density at radius 3 is 2.63 bits per heavy atom. The summed E-state index contributed by atoms with van der Waals surface area (Å²) in [6, 6.07) is 17.8. The van der Waals surface area contributed by atoms with Gasteiger partial charge in [0.1, 0.15) is 23.9 Å². The van der Waals surface area contributed by atoms with Crippen LogP contribution in [0.4, 0.5) is 5.82 Å². The van der Waals surface area contributed by atoms with E-state index in [2.05, 4.69) is 31.8 Å². The molecule has 0 aliphatic carbocycles. The van der Waals surface area contributed by atoms with Gasteiger partial charge in [-0.15, -0.1) is 0 Å². The highest BCUT2D eigenvalue weighted by Crippen LogP contribution is 2.27. The number of benzene rings is 2. The highest BCUT2D eigenvalue weighted by molar-refractivity contribution is 6.30. The van der Waals surface area contributed by atoms with Gasteiger partial charge in [-0.05, 0) is 43.8 Å². The summed E-state index contributed by atoms with van der Waals surface area (Å²) in [5.41, 5.74) is 5.03. The number of nitrogens with one attached hydrogen (secondary N) is 1. The Balaban J connectivity index is 1.22. The van der Waals surface area contributed by atoms with Crippen LogP contribution in [0.1, 0.15) is 16.8 Å². The second-order valence-electron chi connectivity index (χ2n) is 9.63. The number of likely N-dealkylation sites (N-methyl/N-ethyl adjacent to an activating group) is 1. The second kappa shape index (κ2) is 10.4. The second-order valence-corrected chi connectivity index (χ2v) is 10.1. The summed E-state index contributed by atoms with van der Waals surface area (Å²) in [5.74, 6) is 2.29. The Labute approximate surface area is 226 Å². The van der Waals surface area contributed by atoms with Gasteiger partial charge in [0.15, 0.2) is 17.1 Å². The van der Waals surface area contributed by atoms with Crippen molar-refractivity contribution in [2.45, 2.75) is 20.1 Å². The average Bonchev–Trinajstić information content (AvgIpc) is 3.52. The van der Waals surface area contributed by atoms with Gasteiger partial charge >= 0.3 is 0 Å². The molecule has 4 heterocycles. The number of rotatable bonds is 7. The van der Waals surface area contributed by atoms with Crippen LogP contribution < -0.4 is 9.64 Å². The Kier molecular flexibility index (Phi) is 6.70. The molecule has 0 bridgehead atoms. The number of H-pyrrole nitrogens is 1. The molecule has 0 amide bonds. The maximum absolute atomic E-state index is 6.34. The molecule has 9 nitrogen and oxygen atoms in total. The first-order chi connectivity index (χ1) is 18.5. The molecule has 0 radical (unpaired) electrons. The monoisotopic (exact) mass is 528 g/mol. The minimum atomic E-state index is 0.480. The van der Waals surface area contributed by atoms with Crippen LogP contribution >= 0.6 is 11.6 Å². The van der Waals surface area contributed by atoms with E-state index in [0.29, 0.717) is 35.3 Å². The van der Waals surface area contributed by atoms with Gasteiger partial charge in [-0.1, -0.05) is 41.9 Å². The van der Waals surface area contributed by atoms with E-state index in [1.807, 2.05) is 66.2 Å². The van der Waals surface area contributed by atoms with E-state index in [-0.39, 0.29) is 0 Å². The smallest absolute Gasteiger partial charge is 0.197 e. The third kappa shape index (κ3) is 5.20. The number of hydrogen-bond acceptors (Lipinski definition) is 7. The van der Waals surface area contributed by atoms with Gasteiger partial charge in [-0.3, -0.25) is 4.68 Å². The number of aromatic nitrogens is 6. The zero-order valence-corrected chi connectivity index (χ0v) is 22.2. The molecule has 194 valence electrons. The summed E-state index contributed by atoms with van der Waals surface area (Å²) in [5, 5.41) is 5.49. The minimum Gasteiger partial charge on any atom is -0.489 e. The van der Waals surface area contributed by atoms with Crippen molar-refractivity contribution < 1.29 is 4.74 Å². The average molecular weight is 529 g/mol. The Morgan fingerprint density at radius 2 is 1.82 bits per heavy atom. The molecule has 38 heavy (non-hydrogen) atoms. The molecule has 1 N–H and O–H groups in total. The maximum atomic E-state index is 6.34. The van der Waals surface area contributed by atoms with Crippen molar-refractivity contribution in [1.29, 1.82) is 0 Å². The standard InChI is InChI=1S/C28H29ClN8O/c1-19-14-23(26-32-27-28(33-26)31-25(16-30-27)36-12-10-35(2)11-13-36)34-37(19)17-21-15-22(29)8-9-24(21)38-18-20-6-4-3-5-7-20/h3-9,14-16H,10-13,17-18H2,1-2H3,(H,30,31,32,33). The maximum Gasteiger partial charge on any atom is 0.197 e. The first-order valence-electron chi connectivity index (χ1n) is 12.7. The molecule has 0 saturated carbocycles. The molecule has 0 spiro atoms. The van der Waals surface area contributed by atoms with E-state index in [9.17, 15) is 0 Å². The lowest BCUT2D eigenvalue weighted by molar-refractivity contribution is 0.302. The molecule has 1 fully saturated rings. The fraction of sp³-hybridized carbons (Fsp3) is 0.286. The summed E-state index contributed by atoms with van der Waals surface area (Å²) in [6.45, 7) is 6.90. The van der Waals surface area contributed by atoms with Gasteiger partial charge in [-0.2, -0.15) is 5.10 Å². The van der Waals surface area contributed by atoms with Crippen molar-refractivity contribution in [2.75, 3.05) is 38.1 Å². The van der Waals surface area contributed by atoms with Crippen LogP contribution in [0.25, 0.3) is 22.8 Å². The third-order valence-electron chi connectivity index (χ3n) is 6.83. The number of halogens is 1. The summed E-state index contributed by atoms with van der Waals surface area (Å²) < 4.78 is 8.08. The summed E-state index contributed by atoms with van der Waals surface area (Å²) >= 11 is 6.34. The predicted octanol–water partition coefficient (Wildman–Crippen LogP) is 4.56. The molecule has 1 saturated heterocycles. The fourth-order valence-electron chi connectivity index (χ4n) is 4.59. The van der Waals surface area contributed by atoms with Crippen molar-refractivity contribution in [3.8, 4) is 17.3 Å². The summed E-state index contributed by atoms with van der Waals surface area (Å²) in [4.78, 5) is 21.9. The van der Waals surface area contributed by atoms with Crippen LogP contribution in [0.3, 0.4) is 0 Å². The van der Waals surface area contributed by atoms with E-state index >= 15 is 0 Å².